The smallest absolute Gasteiger partial charge is 0.165 e. The van der Waals surface area contributed by atoms with E-state index in [9.17, 15) is 9.50 Å². The first-order valence-electron chi connectivity index (χ1n) is 7.27. The van der Waals surface area contributed by atoms with Crippen LogP contribution in [0.25, 0.3) is 0 Å². The first-order chi connectivity index (χ1) is 9.58. The Morgan fingerprint density at radius 3 is 2.90 bits per heavy atom. The van der Waals surface area contributed by atoms with Crippen molar-refractivity contribution in [3.8, 4) is 5.75 Å². The molecular formula is C16H24FNO2. The van der Waals surface area contributed by atoms with Crippen molar-refractivity contribution in [1.29, 1.82) is 0 Å². The average Bonchev–Trinajstić information content (AvgIpc) is 2.45. The Labute approximate surface area is 120 Å². The Hall–Kier alpha value is -1.13. The second-order valence-electron chi connectivity index (χ2n) is 5.96. The zero-order chi connectivity index (χ0) is 14.6. The number of aliphatic hydroxyl groups excluding tert-OH is 1. The van der Waals surface area contributed by atoms with Crippen molar-refractivity contribution >= 4 is 0 Å². The summed E-state index contributed by atoms with van der Waals surface area (Å²) in [5.41, 5.74) is 0.656. The van der Waals surface area contributed by atoms with Gasteiger partial charge in [0.15, 0.2) is 11.6 Å². The molecule has 0 spiro atoms. The van der Waals surface area contributed by atoms with E-state index in [1.807, 2.05) is 6.07 Å². The Kier molecular flexibility index (Phi) is 5.00. The van der Waals surface area contributed by atoms with E-state index < -0.39 is 0 Å². The van der Waals surface area contributed by atoms with Gasteiger partial charge in [0.1, 0.15) is 0 Å². The lowest BCUT2D eigenvalue weighted by atomic mass is 9.77. The first-order valence-corrected chi connectivity index (χ1v) is 7.27. The van der Waals surface area contributed by atoms with Gasteiger partial charge in [-0.05, 0) is 36.5 Å². The molecule has 1 fully saturated rings. The van der Waals surface area contributed by atoms with Gasteiger partial charge in [-0.1, -0.05) is 25.8 Å². The second kappa shape index (κ2) is 6.55. The summed E-state index contributed by atoms with van der Waals surface area (Å²) < 4.78 is 18.6. The Morgan fingerprint density at radius 2 is 2.30 bits per heavy atom. The molecule has 0 aliphatic heterocycles. The second-order valence-corrected chi connectivity index (χ2v) is 5.96. The van der Waals surface area contributed by atoms with Gasteiger partial charge in [-0.25, -0.2) is 4.39 Å². The molecule has 0 heterocycles. The van der Waals surface area contributed by atoms with Crippen molar-refractivity contribution in [2.45, 2.75) is 44.7 Å². The number of halogens is 1. The first kappa shape index (κ1) is 15.3. The molecule has 1 aliphatic carbocycles. The molecule has 112 valence electrons. The number of rotatable bonds is 5. The normalized spacial score (nSPS) is 26.5. The summed E-state index contributed by atoms with van der Waals surface area (Å²) >= 11 is 0. The van der Waals surface area contributed by atoms with Gasteiger partial charge >= 0.3 is 0 Å². The standard InChI is InChI=1S/C16H24FNO2/c1-12-4-3-7-16(9-12,11-19)18-10-13-5-6-15(20-2)14(17)8-13/h5-6,8,12,18-19H,3-4,7,9-11H2,1-2H3. The summed E-state index contributed by atoms with van der Waals surface area (Å²) in [5, 5.41) is 13.2. The van der Waals surface area contributed by atoms with E-state index in [1.54, 1.807) is 6.07 Å². The van der Waals surface area contributed by atoms with E-state index in [4.69, 9.17) is 4.74 Å². The average molecular weight is 281 g/mol. The predicted octanol–water partition coefficient (Wildman–Crippen LogP) is 2.87. The Bertz CT molecular complexity index is 452. The summed E-state index contributed by atoms with van der Waals surface area (Å²) in [4.78, 5) is 0. The van der Waals surface area contributed by atoms with Crippen molar-refractivity contribution in [2.24, 2.45) is 5.92 Å². The van der Waals surface area contributed by atoms with E-state index in [2.05, 4.69) is 12.2 Å². The van der Waals surface area contributed by atoms with Crippen LogP contribution in [0, 0.1) is 11.7 Å². The van der Waals surface area contributed by atoms with Crippen LogP contribution in [-0.4, -0.2) is 24.4 Å². The Morgan fingerprint density at radius 1 is 1.50 bits per heavy atom. The van der Waals surface area contributed by atoms with Crippen molar-refractivity contribution in [3.05, 3.63) is 29.6 Å². The van der Waals surface area contributed by atoms with Crippen LogP contribution in [0.5, 0.6) is 5.75 Å². The number of hydrogen-bond donors (Lipinski definition) is 2. The highest BCUT2D eigenvalue weighted by Crippen LogP contribution is 2.32. The minimum absolute atomic E-state index is 0.135. The van der Waals surface area contributed by atoms with Crippen molar-refractivity contribution in [3.63, 3.8) is 0 Å². The van der Waals surface area contributed by atoms with Crippen LogP contribution in [-0.2, 0) is 6.54 Å². The lowest BCUT2D eigenvalue weighted by molar-refractivity contribution is 0.0982. The molecule has 20 heavy (non-hydrogen) atoms. The largest absolute Gasteiger partial charge is 0.494 e. The number of aliphatic hydroxyl groups is 1. The number of ether oxygens (including phenoxy) is 1. The lowest BCUT2D eigenvalue weighted by Crippen LogP contribution is -2.51. The topological polar surface area (TPSA) is 41.5 Å². The Balaban J connectivity index is 2.01. The van der Waals surface area contributed by atoms with Crippen LogP contribution in [0.3, 0.4) is 0 Å². The highest BCUT2D eigenvalue weighted by atomic mass is 19.1. The van der Waals surface area contributed by atoms with Gasteiger partial charge in [0, 0.05) is 12.1 Å². The zero-order valence-corrected chi connectivity index (χ0v) is 12.3. The lowest BCUT2D eigenvalue weighted by Gasteiger charge is -2.39. The van der Waals surface area contributed by atoms with E-state index in [1.165, 1.54) is 19.6 Å². The molecule has 2 rings (SSSR count). The molecule has 0 bridgehead atoms. The van der Waals surface area contributed by atoms with Crippen LogP contribution in [0.15, 0.2) is 18.2 Å². The molecule has 1 aromatic carbocycles. The maximum absolute atomic E-state index is 13.7. The van der Waals surface area contributed by atoms with Gasteiger partial charge in [0.2, 0.25) is 0 Å². The molecule has 1 aromatic rings. The number of hydrogen-bond acceptors (Lipinski definition) is 3. The van der Waals surface area contributed by atoms with Gasteiger partial charge < -0.3 is 15.2 Å². The van der Waals surface area contributed by atoms with Gasteiger partial charge in [-0.2, -0.15) is 0 Å². The quantitative estimate of drug-likeness (QED) is 0.872. The third kappa shape index (κ3) is 3.49. The number of benzene rings is 1. The van der Waals surface area contributed by atoms with Crippen LogP contribution < -0.4 is 10.1 Å². The summed E-state index contributed by atoms with van der Waals surface area (Å²) in [7, 11) is 1.46. The van der Waals surface area contributed by atoms with Gasteiger partial charge in [0.25, 0.3) is 0 Å². The fraction of sp³-hybridized carbons (Fsp3) is 0.625. The predicted molar refractivity (Wildman–Crippen MR) is 77.2 cm³/mol. The maximum atomic E-state index is 13.7. The summed E-state index contributed by atoms with van der Waals surface area (Å²) in [5.74, 6) is 0.537. The zero-order valence-electron chi connectivity index (χ0n) is 12.3. The highest BCUT2D eigenvalue weighted by Gasteiger charge is 2.33. The third-order valence-electron chi connectivity index (χ3n) is 4.28. The SMILES string of the molecule is COc1ccc(CNC2(CO)CCCC(C)C2)cc1F. The molecule has 0 saturated heterocycles. The van der Waals surface area contributed by atoms with Crippen molar-refractivity contribution in [2.75, 3.05) is 13.7 Å². The highest BCUT2D eigenvalue weighted by molar-refractivity contribution is 5.29. The number of nitrogens with one attached hydrogen (secondary N) is 1. The summed E-state index contributed by atoms with van der Waals surface area (Å²) in [6.45, 7) is 2.92. The van der Waals surface area contributed by atoms with Crippen LogP contribution in [0.2, 0.25) is 0 Å². The fourth-order valence-electron chi connectivity index (χ4n) is 3.13. The van der Waals surface area contributed by atoms with E-state index in [0.29, 0.717) is 12.5 Å². The molecule has 2 N–H and O–H groups in total. The van der Waals surface area contributed by atoms with Gasteiger partial charge in [-0.15, -0.1) is 0 Å². The molecule has 1 saturated carbocycles. The summed E-state index contributed by atoms with van der Waals surface area (Å²) in [6, 6.07) is 4.98. The van der Waals surface area contributed by atoms with Crippen molar-refractivity contribution in [1.82, 2.24) is 5.32 Å². The van der Waals surface area contributed by atoms with E-state index in [0.717, 1.165) is 24.8 Å². The minimum atomic E-state index is -0.345. The maximum Gasteiger partial charge on any atom is 0.165 e. The molecule has 0 radical (unpaired) electrons. The van der Waals surface area contributed by atoms with E-state index >= 15 is 0 Å². The van der Waals surface area contributed by atoms with E-state index in [-0.39, 0.29) is 23.7 Å². The molecule has 3 nitrogen and oxygen atoms in total. The van der Waals surface area contributed by atoms with Gasteiger partial charge in [-0.3, -0.25) is 0 Å². The van der Waals surface area contributed by atoms with Crippen LogP contribution in [0.1, 0.15) is 38.2 Å². The van der Waals surface area contributed by atoms with Crippen LogP contribution in [0.4, 0.5) is 4.39 Å². The van der Waals surface area contributed by atoms with Gasteiger partial charge in [0.05, 0.1) is 13.7 Å². The fourth-order valence-corrected chi connectivity index (χ4v) is 3.13. The molecular weight excluding hydrogens is 257 g/mol. The number of methoxy groups -OCH3 is 1. The molecule has 0 aromatic heterocycles. The summed E-state index contributed by atoms with van der Waals surface area (Å²) in [6.07, 6.45) is 4.31. The molecule has 1 aliphatic rings. The molecule has 2 atom stereocenters. The molecule has 2 unspecified atom stereocenters. The molecule has 0 amide bonds. The van der Waals surface area contributed by atoms with Crippen LogP contribution >= 0.6 is 0 Å². The van der Waals surface area contributed by atoms with Crippen molar-refractivity contribution < 1.29 is 14.2 Å². The monoisotopic (exact) mass is 281 g/mol. The molecule has 4 heteroatoms. The minimum Gasteiger partial charge on any atom is -0.494 e. The third-order valence-corrected chi connectivity index (χ3v) is 4.28.